The van der Waals surface area contributed by atoms with Gasteiger partial charge < -0.3 is 17.2 Å². The quantitative estimate of drug-likeness (QED) is 0.507. The molecule has 0 aliphatic carbocycles. The van der Waals surface area contributed by atoms with Gasteiger partial charge in [-0.15, -0.1) is 0 Å². The summed E-state index contributed by atoms with van der Waals surface area (Å²) in [5, 5.41) is 0. The Kier molecular flexibility index (Phi) is 6.40. The van der Waals surface area contributed by atoms with Crippen LogP contribution in [0.2, 0.25) is 0 Å². The molecule has 0 atom stereocenters. The predicted octanol–water partition coefficient (Wildman–Crippen LogP) is -1.39. The van der Waals surface area contributed by atoms with E-state index in [0.29, 0.717) is 0 Å². The van der Waals surface area contributed by atoms with Gasteiger partial charge in [0, 0.05) is 38.9 Å². The average Bonchev–Trinajstić information content (AvgIpc) is 1.59. The van der Waals surface area contributed by atoms with Crippen molar-refractivity contribution in [1.82, 2.24) is 15.0 Å². The van der Waals surface area contributed by atoms with E-state index < -0.39 is 0 Å². The third kappa shape index (κ3) is 4.16. The van der Waals surface area contributed by atoms with Crippen LogP contribution in [0.4, 0.5) is 17.8 Å². The van der Waals surface area contributed by atoms with Crippen molar-refractivity contribution in [2.24, 2.45) is 0 Å². The summed E-state index contributed by atoms with van der Waals surface area (Å²) in [5.41, 5.74) is 15.4. The Morgan fingerprint density at radius 2 is 0.909 bits per heavy atom. The molecule has 69 valence electrons. The summed E-state index contributed by atoms with van der Waals surface area (Å²) in [5.74, 6) is 0.125. The molecule has 1 aromatic heterocycles. The summed E-state index contributed by atoms with van der Waals surface area (Å²) < 4.78 is 0. The molecule has 0 fully saturated rings. The van der Waals surface area contributed by atoms with Gasteiger partial charge in [-0.3, -0.25) is 0 Å². The number of rotatable bonds is 0. The number of hydrogen-bond acceptors (Lipinski definition) is 6. The fourth-order valence-corrected chi connectivity index (χ4v) is 0.427. The van der Waals surface area contributed by atoms with Gasteiger partial charge in [-0.2, -0.15) is 15.0 Å². The summed E-state index contributed by atoms with van der Waals surface area (Å²) in [7, 11) is 0. The first-order chi connectivity index (χ1) is 4.18. The van der Waals surface area contributed by atoms with E-state index in [1.165, 1.54) is 0 Å². The fourth-order valence-electron chi connectivity index (χ4n) is 0.427. The van der Waals surface area contributed by atoms with Gasteiger partial charge in [0.05, 0.1) is 0 Å². The first-order valence-corrected chi connectivity index (χ1v) is 2.21. The summed E-state index contributed by atoms with van der Waals surface area (Å²) in [6.07, 6.45) is 0. The Bertz CT molecular complexity index is 179. The van der Waals surface area contributed by atoms with Gasteiger partial charge in [-0.05, 0) is 0 Å². The molecule has 0 unspecified atom stereocenters. The molecule has 0 aliphatic heterocycles. The van der Waals surface area contributed by atoms with Crippen molar-refractivity contribution >= 4 is 17.8 Å². The molecule has 1 aromatic rings. The summed E-state index contributed by atoms with van der Waals surface area (Å²) in [6.45, 7) is 0. The number of anilines is 3. The normalized spacial score (nSPS) is 7.64. The molecular weight excluding hydrogens is 287 g/mol. The zero-order valence-electron chi connectivity index (χ0n) is 5.19. The van der Waals surface area contributed by atoms with Gasteiger partial charge in [-0.25, -0.2) is 0 Å². The Morgan fingerprint density at radius 1 is 0.727 bits per heavy atom. The second-order valence-corrected chi connectivity index (χ2v) is 1.41. The van der Waals surface area contributed by atoms with E-state index in [1.807, 2.05) is 0 Å². The molecule has 6 N–H and O–H groups in total. The van der Waals surface area contributed by atoms with Gasteiger partial charge in [0.1, 0.15) is 0 Å². The SMILES string of the molecule is Nc1nc(N)nc(N)n1.[Ag].[Ni]. The molecule has 0 saturated heterocycles. The van der Waals surface area contributed by atoms with Crippen molar-refractivity contribution in [2.75, 3.05) is 17.2 Å². The van der Waals surface area contributed by atoms with Gasteiger partial charge >= 0.3 is 0 Å². The van der Waals surface area contributed by atoms with E-state index in [1.54, 1.807) is 0 Å². The molecular formula is C3H6AgN6Ni. The van der Waals surface area contributed by atoms with E-state index in [-0.39, 0.29) is 56.7 Å². The first kappa shape index (κ1) is 13.2. The van der Waals surface area contributed by atoms with Crippen LogP contribution in [-0.4, -0.2) is 15.0 Å². The van der Waals surface area contributed by atoms with Crippen LogP contribution >= 0.6 is 0 Å². The molecule has 1 radical (unpaired) electrons. The van der Waals surface area contributed by atoms with Crippen LogP contribution in [0.15, 0.2) is 0 Å². The largest absolute Gasteiger partial charge is 0.368 e. The number of nitrogen functional groups attached to an aromatic ring is 3. The Hall–Kier alpha value is -0.356. The maximum atomic E-state index is 5.14. The summed E-state index contributed by atoms with van der Waals surface area (Å²) in [6, 6.07) is 0. The van der Waals surface area contributed by atoms with Gasteiger partial charge in [0.2, 0.25) is 17.8 Å². The predicted molar refractivity (Wildman–Crippen MR) is 33.1 cm³/mol. The molecule has 11 heavy (non-hydrogen) atoms. The van der Waals surface area contributed by atoms with Crippen molar-refractivity contribution in [3.63, 3.8) is 0 Å². The van der Waals surface area contributed by atoms with Crippen LogP contribution in [0.3, 0.4) is 0 Å². The molecule has 0 aromatic carbocycles. The second kappa shape index (κ2) is 5.31. The molecule has 0 saturated carbocycles. The van der Waals surface area contributed by atoms with Gasteiger partial charge in [0.25, 0.3) is 0 Å². The van der Waals surface area contributed by atoms with Crippen molar-refractivity contribution in [3.05, 3.63) is 0 Å². The van der Waals surface area contributed by atoms with Crippen LogP contribution in [-0.2, 0) is 38.9 Å². The zero-order chi connectivity index (χ0) is 6.85. The Labute approximate surface area is 88.8 Å². The fraction of sp³-hybridized carbons (Fsp3) is 0. The van der Waals surface area contributed by atoms with E-state index >= 15 is 0 Å². The van der Waals surface area contributed by atoms with Crippen LogP contribution in [0.25, 0.3) is 0 Å². The Balaban J connectivity index is 0. The molecule has 0 bridgehead atoms. The molecule has 8 heteroatoms. The van der Waals surface area contributed by atoms with Gasteiger partial charge in [0.15, 0.2) is 0 Å². The summed E-state index contributed by atoms with van der Waals surface area (Å²) in [4.78, 5) is 10.5. The third-order valence-corrected chi connectivity index (χ3v) is 0.687. The van der Waals surface area contributed by atoms with E-state index in [9.17, 15) is 0 Å². The number of hydrogen-bond donors (Lipinski definition) is 3. The standard InChI is InChI=1S/C3H6N6.Ag.Ni/c4-1-7-2(5)9-3(6)8-1;;/h(H6,4,5,6,7,8,9);;. The second-order valence-electron chi connectivity index (χ2n) is 1.41. The molecule has 6 nitrogen and oxygen atoms in total. The third-order valence-electron chi connectivity index (χ3n) is 0.687. The molecule has 1 heterocycles. The van der Waals surface area contributed by atoms with Crippen molar-refractivity contribution < 1.29 is 38.9 Å². The smallest absolute Gasteiger partial charge is 0.226 e. The van der Waals surface area contributed by atoms with E-state index in [4.69, 9.17) is 17.2 Å². The number of aromatic nitrogens is 3. The van der Waals surface area contributed by atoms with Crippen LogP contribution in [0.1, 0.15) is 0 Å². The number of nitrogens with zero attached hydrogens (tertiary/aromatic N) is 3. The number of nitrogens with two attached hydrogens (primary N) is 3. The first-order valence-electron chi connectivity index (χ1n) is 2.21. The van der Waals surface area contributed by atoms with Crippen molar-refractivity contribution in [2.45, 2.75) is 0 Å². The molecule has 0 amide bonds. The van der Waals surface area contributed by atoms with E-state index in [2.05, 4.69) is 15.0 Å². The minimum atomic E-state index is 0. The average molecular weight is 293 g/mol. The van der Waals surface area contributed by atoms with Crippen LogP contribution in [0, 0.1) is 0 Å². The topological polar surface area (TPSA) is 117 Å². The van der Waals surface area contributed by atoms with Crippen molar-refractivity contribution in [1.29, 1.82) is 0 Å². The van der Waals surface area contributed by atoms with Crippen molar-refractivity contribution in [3.8, 4) is 0 Å². The molecule has 0 aliphatic rings. The molecule has 1 rings (SSSR count). The Morgan fingerprint density at radius 3 is 1.09 bits per heavy atom. The minimum Gasteiger partial charge on any atom is -0.368 e. The maximum absolute atomic E-state index is 5.14. The van der Waals surface area contributed by atoms with Crippen LogP contribution < -0.4 is 17.2 Å². The summed E-state index contributed by atoms with van der Waals surface area (Å²) >= 11 is 0. The minimum absolute atomic E-state index is 0. The van der Waals surface area contributed by atoms with Gasteiger partial charge in [-0.1, -0.05) is 0 Å². The maximum Gasteiger partial charge on any atom is 0.226 e. The monoisotopic (exact) mass is 291 g/mol. The molecule has 0 spiro atoms. The van der Waals surface area contributed by atoms with E-state index in [0.717, 1.165) is 0 Å². The zero-order valence-corrected chi connectivity index (χ0v) is 7.66. The van der Waals surface area contributed by atoms with Crippen LogP contribution in [0.5, 0.6) is 0 Å².